The molecule has 0 unspecified atom stereocenters. The number of ether oxygens (including phenoxy) is 3. The van der Waals surface area contributed by atoms with Gasteiger partial charge in [0.15, 0.2) is 11.5 Å². The van der Waals surface area contributed by atoms with Crippen LogP contribution in [-0.2, 0) is 33.4 Å². The lowest BCUT2D eigenvalue weighted by molar-refractivity contribution is -0.155. The number of nitrogens with zero attached hydrogens (tertiary/aromatic N) is 2. The number of aliphatic carboxylic acids is 1. The number of amides is 2. The summed E-state index contributed by atoms with van der Waals surface area (Å²) in [6.45, 7) is 13.4. The number of esters is 1. The average Bonchev–Trinajstić information content (AvgIpc) is 3.24. The topological polar surface area (TPSA) is 123 Å². The molecule has 2 heterocycles. The highest BCUT2D eigenvalue weighted by Crippen LogP contribution is 2.47. The predicted molar refractivity (Wildman–Crippen MR) is 258 cm³/mol. The molecule has 0 aliphatic carbocycles. The Labute approximate surface area is 403 Å². The van der Waals surface area contributed by atoms with Crippen LogP contribution < -0.4 is 0 Å². The van der Waals surface area contributed by atoms with E-state index in [9.17, 15) is 24.3 Å². The Morgan fingerprint density at radius 3 is 1.31 bits per heavy atom. The fraction of sp³-hybridized carbons (Fsp3) is 0.373. The number of hydrogen-bond acceptors (Lipinski definition) is 7. The van der Waals surface area contributed by atoms with Gasteiger partial charge in [0, 0.05) is 32.2 Å². The molecule has 1 N–H and O–H groups in total. The van der Waals surface area contributed by atoms with Gasteiger partial charge in [0.25, 0.3) is 11.8 Å². The van der Waals surface area contributed by atoms with Crippen molar-refractivity contribution in [1.29, 1.82) is 0 Å². The Kier molecular flexibility index (Phi) is 19.0. The van der Waals surface area contributed by atoms with Crippen molar-refractivity contribution in [2.24, 2.45) is 0 Å². The zero-order chi connectivity index (χ0) is 46.9. The van der Waals surface area contributed by atoms with Gasteiger partial charge >= 0.3 is 11.9 Å². The average molecular weight is 969 g/mol. The molecule has 4 atom stereocenters. The van der Waals surface area contributed by atoms with E-state index in [1.807, 2.05) is 81.1 Å². The summed E-state index contributed by atoms with van der Waals surface area (Å²) >= 11 is 24.8. The van der Waals surface area contributed by atoms with Gasteiger partial charge in [-0.25, -0.2) is 9.59 Å². The largest absolute Gasteiger partial charge is 0.478 e. The molecule has 2 saturated heterocycles. The van der Waals surface area contributed by atoms with Crippen molar-refractivity contribution in [3.05, 3.63) is 163 Å². The van der Waals surface area contributed by atoms with E-state index >= 15 is 0 Å². The molecule has 0 saturated carbocycles. The zero-order valence-corrected chi connectivity index (χ0v) is 39.9. The first-order valence-electron chi connectivity index (χ1n) is 21.3. The summed E-state index contributed by atoms with van der Waals surface area (Å²) in [4.78, 5) is 54.6. The lowest BCUT2D eigenvalue weighted by atomic mass is 9.90. The maximum Gasteiger partial charge on any atom is 0.335 e. The second-order valence-corrected chi connectivity index (χ2v) is 18.2. The minimum absolute atomic E-state index is 0. The Morgan fingerprint density at radius 1 is 0.615 bits per heavy atom. The number of carbonyl (C=O) groups is 4. The first-order chi connectivity index (χ1) is 30.4. The van der Waals surface area contributed by atoms with Gasteiger partial charge in [-0.15, -0.1) is 0 Å². The SMILES string of the molecule is C.CCC(CC)N1C(=O)/C(=C/C(=O)O)O[C@H](c2cccc(Cl)c2)[C@H]1c1ccc(Cl)cc1.CCC(CC)N1C(=O)/C(=C/C(=O)OC(C)(C)C)O[C@H](c2cccc(Cl)c2)[C@H]1c1ccc(Cl)cc1. The molecule has 2 aliphatic heterocycles. The molecule has 14 heteroatoms. The van der Waals surface area contributed by atoms with Crippen molar-refractivity contribution < 1.29 is 38.5 Å². The highest BCUT2D eigenvalue weighted by molar-refractivity contribution is 6.31. The van der Waals surface area contributed by atoms with Crippen LogP contribution in [0.4, 0.5) is 0 Å². The van der Waals surface area contributed by atoms with Crippen molar-refractivity contribution >= 4 is 70.2 Å². The minimum atomic E-state index is -1.24. The van der Waals surface area contributed by atoms with E-state index in [0.29, 0.717) is 20.1 Å². The highest BCUT2D eigenvalue weighted by Gasteiger charge is 2.46. The number of carboxylic acids is 1. The van der Waals surface area contributed by atoms with Crippen LogP contribution in [0.5, 0.6) is 0 Å². The molecule has 2 fully saturated rings. The second kappa shape index (κ2) is 23.4. The van der Waals surface area contributed by atoms with Crippen LogP contribution >= 0.6 is 46.4 Å². The number of carboxylic acid groups (broad SMARTS) is 1. The lowest BCUT2D eigenvalue weighted by Gasteiger charge is -2.46. The maximum absolute atomic E-state index is 13.8. The Balaban J connectivity index is 0.000000282. The monoisotopic (exact) mass is 966 g/mol. The molecule has 0 spiro atoms. The van der Waals surface area contributed by atoms with Gasteiger partial charge in [-0.2, -0.15) is 0 Å². The Hall–Kier alpha value is -5.00. The van der Waals surface area contributed by atoms with E-state index < -0.39 is 47.7 Å². The highest BCUT2D eigenvalue weighted by atomic mass is 35.5. The minimum Gasteiger partial charge on any atom is -0.478 e. The smallest absolute Gasteiger partial charge is 0.335 e. The van der Waals surface area contributed by atoms with E-state index in [4.69, 9.17) is 60.6 Å². The summed E-state index contributed by atoms with van der Waals surface area (Å²) in [5, 5.41) is 11.5. The molecule has 0 aromatic heterocycles. The van der Waals surface area contributed by atoms with Crippen molar-refractivity contribution in [1.82, 2.24) is 9.80 Å². The number of hydrogen-bond donors (Lipinski definition) is 1. The van der Waals surface area contributed by atoms with Gasteiger partial charge in [0.05, 0.1) is 24.2 Å². The van der Waals surface area contributed by atoms with Crippen LogP contribution in [0, 0.1) is 0 Å². The van der Waals surface area contributed by atoms with Crippen molar-refractivity contribution in [3.8, 4) is 0 Å². The number of morpholine rings is 2. The number of rotatable bonds is 12. The van der Waals surface area contributed by atoms with Gasteiger partial charge in [-0.1, -0.05) is 130 Å². The molecular formula is C51H58Cl4N2O8. The number of benzene rings is 4. The van der Waals surface area contributed by atoms with Gasteiger partial charge in [0.2, 0.25) is 0 Å². The van der Waals surface area contributed by atoms with Crippen LogP contribution in [0.25, 0.3) is 0 Å². The molecule has 10 nitrogen and oxygen atoms in total. The molecule has 4 aromatic rings. The summed E-state index contributed by atoms with van der Waals surface area (Å²) in [7, 11) is 0. The van der Waals surface area contributed by atoms with E-state index in [0.717, 1.165) is 60.1 Å². The summed E-state index contributed by atoms with van der Waals surface area (Å²) in [6, 6.07) is 28.1. The van der Waals surface area contributed by atoms with Gasteiger partial charge in [-0.05, 0) is 117 Å². The summed E-state index contributed by atoms with van der Waals surface area (Å²) < 4.78 is 17.7. The van der Waals surface area contributed by atoms with Crippen LogP contribution in [-0.4, -0.2) is 56.3 Å². The Bertz CT molecular complexity index is 2340. The molecule has 2 aliphatic rings. The van der Waals surface area contributed by atoms with Crippen LogP contribution in [0.15, 0.2) is 121 Å². The molecule has 348 valence electrons. The number of carbonyl (C=O) groups excluding carboxylic acids is 3. The van der Waals surface area contributed by atoms with Gasteiger partial charge in [0.1, 0.15) is 17.8 Å². The van der Waals surface area contributed by atoms with E-state index in [1.165, 1.54) is 0 Å². The van der Waals surface area contributed by atoms with Gasteiger partial charge in [-0.3, -0.25) is 9.59 Å². The van der Waals surface area contributed by atoms with Crippen LogP contribution in [0.3, 0.4) is 0 Å². The first kappa shape index (κ1) is 52.6. The normalized spacial score (nSPS) is 19.9. The molecular weight excluding hydrogens is 910 g/mol. The van der Waals surface area contributed by atoms with E-state index in [1.54, 1.807) is 74.2 Å². The van der Waals surface area contributed by atoms with Gasteiger partial charge < -0.3 is 29.1 Å². The van der Waals surface area contributed by atoms with Crippen molar-refractivity contribution in [2.75, 3.05) is 0 Å². The molecule has 4 aromatic carbocycles. The fourth-order valence-corrected chi connectivity index (χ4v) is 8.70. The zero-order valence-electron chi connectivity index (χ0n) is 36.9. The number of halogens is 4. The summed E-state index contributed by atoms with van der Waals surface area (Å²) in [6.07, 6.45) is 3.68. The third-order valence-electron chi connectivity index (χ3n) is 10.9. The first-order valence-corrected chi connectivity index (χ1v) is 22.8. The van der Waals surface area contributed by atoms with Crippen LogP contribution in [0.1, 0.15) is 128 Å². The fourth-order valence-electron chi connectivity index (χ4n) is 8.05. The van der Waals surface area contributed by atoms with Crippen LogP contribution in [0.2, 0.25) is 20.1 Å². The maximum atomic E-state index is 13.8. The van der Waals surface area contributed by atoms with E-state index in [-0.39, 0.29) is 36.9 Å². The Morgan fingerprint density at radius 2 is 0.985 bits per heavy atom. The second-order valence-electron chi connectivity index (χ2n) is 16.4. The summed E-state index contributed by atoms with van der Waals surface area (Å²) in [5.41, 5.74) is 2.58. The molecule has 0 radical (unpaired) electrons. The lowest BCUT2D eigenvalue weighted by Crippen LogP contribution is -2.49. The molecule has 65 heavy (non-hydrogen) atoms. The molecule has 6 rings (SSSR count). The predicted octanol–water partition coefficient (Wildman–Crippen LogP) is 13.5. The third kappa shape index (κ3) is 13.3. The summed E-state index contributed by atoms with van der Waals surface area (Å²) in [5.74, 6) is -2.89. The quantitative estimate of drug-likeness (QED) is 0.110. The molecule has 2 amide bonds. The van der Waals surface area contributed by atoms with Crippen molar-refractivity contribution in [2.45, 2.75) is 124 Å². The third-order valence-corrected chi connectivity index (χ3v) is 11.9. The van der Waals surface area contributed by atoms with Crippen molar-refractivity contribution in [3.63, 3.8) is 0 Å². The molecule has 0 bridgehead atoms. The van der Waals surface area contributed by atoms with E-state index in [2.05, 4.69) is 0 Å². The standard InChI is InChI=1S/C27H31Cl2NO4.C23H23Cl2NO4.CH4/c1-6-21(7-2)30-24(17-11-13-19(28)14-12-17)25(18-9-8-10-20(29)15-18)33-22(26(30)32)16-23(31)34-27(3,4)5;1-3-18(4-2)26-21(14-8-10-16(24)11-9-14)22(15-6-5-7-17(25)12-15)30-19(23(26)29)13-20(27)28;/h8-16,21,24-25H,6-7H2,1-5H3;5-13,18,21-22H,3-4H2,1-2H3,(H,27,28);1H4/b22-16-;19-13-;/t24-,25-;21-,22-;/m11./s1.